The van der Waals surface area contributed by atoms with Crippen LogP contribution in [0.3, 0.4) is 0 Å². The third kappa shape index (κ3) is 3.27. The maximum Gasteiger partial charge on any atom is 0.220 e. The van der Waals surface area contributed by atoms with Crippen LogP contribution in [0.25, 0.3) is 11.2 Å². The number of pyridine rings is 1. The standard InChI is InChI=1S/C12H16N4O2/c1-8(17)7-14-11(18)5-4-10-15-9-3-2-6-13-12(9)16-10/h2-3,6,8,17H,4-5,7H2,1H3,(H,14,18)(H,13,15,16)/t8-/m0/s1. The maximum atomic E-state index is 11.5. The first kappa shape index (κ1) is 12.5. The first-order chi connectivity index (χ1) is 8.65. The van der Waals surface area contributed by atoms with Gasteiger partial charge in [0.1, 0.15) is 5.82 Å². The zero-order valence-corrected chi connectivity index (χ0v) is 10.2. The Morgan fingerprint density at radius 2 is 2.44 bits per heavy atom. The summed E-state index contributed by atoms with van der Waals surface area (Å²) in [6.07, 6.45) is 2.03. The van der Waals surface area contributed by atoms with E-state index in [1.54, 1.807) is 13.1 Å². The van der Waals surface area contributed by atoms with E-state index < -0.39 is 6.10 Å². The van der Waals surface area contributed by atoms with Crippen LogP contribution in [0, 0.1) is 0 Å². The number of aromatic amines is 1. The topological polar surface area (TPSA) is 90.9 Å². The maximum absolute atomic E-state index is 11.5. The summed E-state index contributed by atoms with van der Waals surface area (Å²) in [5.41, 5.74) is 1.54. The van der Waals surface area contributed by atoms with Gasteiger partial charge in [-0.25, -0.2) is 9.97 Å². The van der Waals surface area contributed by atoms with Crippen LogP contribution in [0.4, 0.5) is 0 Å². The summed E-state index contributed by atoms with van der Waals surface area (Å²) in [7, 11) is 0. The number of nitrogens with zero attached hydrogens (tertiary/aromatic N) is 2. The van der Waals surface area contributed by atoms with E-state index in [1.165, 1.54) is 0 Å². The van der Waals surface area contributed by atoms with Gasteiger partial charge in [-0.05, 0) is 19.1 Å². The lowest BCUT2D eigenvalue weighted by atomic mass is 10.3. The van der Waals surface area contributed by atoms with Crippen molar-refractivity contribution < 1.29 is 9.90 Å². The zero-order valence-electron chi connectivity index (χ0n) is 10.2. The first-order valence-corrected chi connectivity index (χ1v) is 5.89. The molecule has 2 aromatic heterocycles. The van der Waals surface area contributed by atoms with Gasteiger partial charge in [0.15, 0.2) is 5.65 Å². The number of H-pyrrole nitrogens is 1. The van der Waals surface area contributed by atoms with Crippen molar-refractivity contribution in [3.63, 3.8) is 0 Å². The van der Waals surface area contributed by atoms with Crippen molar-refractivity contribution in [1.82, 2.24) is 20.3 Å². The average molecular weight is 248 g/mol. The highest BCUT2D eigenvalue weighted by Gasteiger charge is 2.07. The summed E-state index contributed by atoms with van der Waals surface area (Å²) in [4.78, 5) is 23.0. The van der Waals surface area contributed by atoms with E-state index in [9.17, 15) is 4.79 Å². The van der Waals surface area contributed by atoms with Gasteiger partial charge in [-0.3, -0.25) is 4.79 Å². The third-order valence-electron chi connectivity index (χ3n) is 2.49. The lowest BCUT2D eigenvalue weighted by Crippen LogP contribution is -2.30. The zero-order chi connectivity index (χ0) is 13.0. The number of aryl methyl sites for hydroxylation is 1. The normalized spacial score (nSPS) is 12.6. The number of aliphatic hydroxyl groups excluding tert-OH is 1. The van der Waals surface area contributed by atoms with Gasteiger partial charge in [-0.15, -0.1) is 0 Å². The lowest BCUT2D eigenvalue weighted by Gasteiger charge is -2.05. The molecule has 6 nitrogen and oxygen atoms in total. The third-order valence-corrected chi connectivity index (χ3v) is 2.49. The van der Waals surface area contributed by atoms with E-state index in [4.69, 9.17) is 5.11 Å². The summed E-state index contributed by atoms with van der Waals surface area (Å²) >= 11 is 0. The molecule has 2 heterocycles. The van der Waals surface area contributed by atoms with Crippen LogP contribution in [0.1, 0.15) is 19.2 Å². The Kier molecular flexibility index (Phi) is 3.88. The highest BCUT2D eigenvalue weighted by molar-refractivity contribution is 5.76. The highest BCUT2D eigenvalue weighted by atomic mass is 16.3. The summed E-state index contributed by atoms with van der Waals surface area (Å²) in [6, 6.07) is 3.73. The van der Waals surface area contributed by atoms with Gasteiger partial charge in [0, 0.05) is 25.6 Å². The molecule has 2 aromatic rings. The van der Waals surface area contributed by atoms with E-state index in [0.717, 1.165) is 11.3 Å². The number of carbonyl (C=O) groups is 1. The van der Waals surface area contributed by atoms with Crippen LogP contribution in [0.5, 0.6) is 0 Å². The van der Waals surface area contributed by atoms with Crippen LogP contribution in [-0.2, 0) is 11.2 Å². The molecule has 0 bridgehead atoms. The molecule has 6 heteroatoms. The molecule has 0 unspecified atom stereocenters. The average Bonchev–Trinajstić information content (AvgIpc) is 2.76. The summed E-state index contributed by atoms with van der Waals surface area (Å²) in [5, 5.41) is 11.7. The number of aromatic nitrogens is 3. The largest absolute Gasteiger partial charge is 0.392 e. The van der Waals surface area contributed by atoms with Gasteiger partial charge in [0.25, 0.3) is 0 Å². The molecule has 1 amide bonds. The summed E-state index contributed by atoms with van der Waals surface area (Å²) < 4.78 is 0. The van der Waals surface area contributed by atoms with Gasteiger partial charge >= 0.3 is 0 Å². The molecular formula is C12H16N4O2. The highest BCUT2D eigenvalue weighted by Crippen LogP contribution is 2.08. The molecular weight excluding hydrogens is 232 g/mol. The Balaban J connectivity index is 1.88. The molecule has 2 rings (SSSR count). The molecule has 0 aliphatic rings. The Morgan fingerprint density at radius 3 is 3.17 bits per heavy atom. The molecule has 0 saturated carbocycles. The fraction of sp³-hybridized carbons (Fsp3) is 0.417. The number of nitrogens with one attached hydrogen (secondary N) is 2. The molecule has 0 aliphatic carbocycles. The van der Waals surface area contributed by atoms with Crippen molar-refractivity contribution in [1.29, 1.82) is 0 Å². The fourth-order valence-electron chi connectivity index (χ4n) is 1.60. The molecule has 0 aliphatic heterocycles. The number of rotatable bonds is 5. The quantitative estimate of drug-likeness (QED) is 0.713. The Bertz CT molecular complexity index is 503. The van der Waals surface area contributed by atoms with E-state index in [1.807, 2.05) is 12.1 Å². The summed E-state index contributed by atoms with van der Waals surface area (Å²) in [5.74, 6) is 0.653. The van der Waals surface area contributed by atoms with Gasteiger partial charge in [0.05, 0.1) is 11.6 Å². The molecule has 0 radical (unpaired) electrons. The summed E-state index contributed by atoms with van der Waals surface area (Å²) in [6.45, 7) is 1.91. The van der Waals surface area contributed by atoms with Crippen LogP contribution in [0.2, 0.25) is 0 Å². The first-order valence-electron chi connectivity index (χ1n) is 5.89. The van der Waals surface area contributed by atoms with E-state index >= 15 is 0 Å². The monoisotopic (exact) mass is 248 g/mol. The molecule has 96 valence electrons. The Hall–Kier alpha value is -1.95. The predicted octanol–water partition coefficient (Wildman–Crippen LogP) is 0.387. The Labute approximate surface area is 104 Å². The molecule has 0 spiro atoms. The molecule has 1 atom stereocenters. The number of hydrogen-bond acceptors (Lipinski definition) is 4. The minimum atomic E-state index is -0.524. The number of hydrogen-bond donors (Lipinski definition) is 3. The van der Waals surface area contributed by atoms with Crippen molar-refractivity contribution >= 4 is 17.1 Å². The number of fused-ring (bicyclic) bond motifs is 1. The van der Waals surface area contributed by atoms with E-state index in [-0.39, 0.29) is 12.5 Å². The van der Waals surface area contributed by atoms with Gasteiger partial charge in [-0.1, -0.05) is 0 Å². The SMILES string of the molecule is C[C@H](O)CNC(=O)CCc1nc2ncccc2[nH]1. The van der Waals surface area contributed by atoms with Crippen molar-refractivity contribution in [2.75, 3.05) is 6.54 Å². The van der Waals surface area contributed by atoms with Gasteiger partial charge in [0.2, 0.25) is 5.91 Å². The second-order valence-electron chi connectivity index (χ2n) is 4.21. The molecule has 18 heavy (non-hydrogen) atoms. The fourth-order valence-corrected chi connectivity index (χ4v) is 1.60. The molecule has 3 N–H and O–H groups in total. The van der Waals surface area contributed by atoms with Crippen molar-refractivity contribution in [3.05, 3.63) is 24.2 Å². The van der Waals surface area contributed by atoms with Gasteiger partial charge < -0.3 is 15.4 Å². The second kappa shape index (κ2) is 5.59. The lowest BCUT2D eigenvalue weighted by molar-refractivity contribution is -0.121. The van der Waals surface area contributed by atoms with Crippen LogP contribution in [-0.4, -0.2) is 38.6 Å². The Morgan fingerprint density at radius 1 is 1.61 bits per heavy atom. The van der Waals surface area contributed by atoms with Crippen molar-refractivity contribution in [2.45, 2.75) is 25.9 Å². The van der Waals surface area contributed by atoms with Crippen LogP contribution >= 0.6 is 0 Å². The molecule has 0 aromatic carbocycles. The van der Waals surface area contributed by atoms with E-state index in [2.05, 4.69) is 20.3 Å². The number of carbonyl (C=O) groups excluding carboxylic acids is 1. The minimum Gasteiger partial charge on any atom is -0.392 e. The van der Waals surface area contributed by atoms with Crippen LogP contribution < -0.4 is 5.32 Å². The number of aliphatic hydroxyl groups is 1. The van der Waals surface area contributed by atoms with Gasteiger partial charge in [-0.2, -0.15) is 0 Å². The molecule has 0 fully saturated rings. The van der Waals surface area contributed by atoms with Crippen molar-refractivity contribution in [2.24, 2.45) is 0 Å². The minimum absolute atomic E-state index is 0.0932. The smallest absolute Gasteiger partial charge is 0.220 e. The second-order valence-corrected chi connectivity index (χ2v) is 4.21. The predicted molar refractivity (Wildman–Crippen MR) is 66.9 cm³/mol. The number of amides is 1. The molecule has 0 saturated heterocycles. The number of imidazole rings is 1. The van der Waals surface area contributed by atoms with Crippen molar-refractivity contribution in [3.8, 4) is 0 Å². The van der Waals surface area contributed by atoms with Crippen LogP contribution in [0.15, 0.2) is 18.3 Å². The van der Waals surface area contributed by atoms with E-state index in [0.29, 0.717) is 18.5 Å².